The minimum Gasteiger partial charge on any atom is -0.472 e. The smallest absolute Gasteiger partial charge is 0.251 e. The summed E-state index contributed by atoms with van der Waals surface area (Å²) in [6, 6.07) is 7.75. The van der Waals surface area contributed by atoms with Crippen molar-refractivity contribution in [2.75, 3.05) is 6.54 Å². The maximum atomic E-state index is 12.0. The van der Waals surface area contributed by atoms with Crippen LogP contribution in [0, 0.1) is 13.8 Å². The number of aryl methyl sites for hydroxylation is 2. The number of hydrogen-bond donors (Lipinski definition) is 1. The van der Waals surface area contributed by atoms with Crippen LogP contribution in [0.2, 0.25) is 0 Å². The van der Waals surface area contributed by atoms with Gasteiger partial charge in [-0.3, -0.25) is 4.79 Å². The molecular formula is C15H17NO2. The van der Waals surface area contributed by atoms with Crippen LogP contribution in [0.15, 0.2) is 41.2 Å². The summed E-state index contributed by atoms with van der Waals surface area (Å²) in [6.45, 7) is 4.59. The predicted molar refractivity (Wildman–Crippen MR) is 70.7 cm³/mol. The number of nitrogens with one attached hydrogen (secondary N) is 1. The van der Waals surface area contributed by atoms with Gasteiger partial charge in [0, 0.05) is 12.1 Å². The Kier molecular flexibility index (Phi) is 3.82. The average Bonchev–Trinajstić information content (AvgIpc) is 2.81. The minimum atomic E-state index is -0.0176. The molecule has 0 aliphatic rings. The normalized spacial score (nSPS) is 10.3. The van der Waals surface area contributed by atoms with Crippen LogP contribution in [-0.2, 0) is 6.42 Å². The number of carbonyl (C=O) groups is 1. The Balaban J connectivity index is 1.91. The highest BCUT2D eigenvalue weighted by Gasteiger charge is 2.08. The summed E-state index contributed by atoms with van der Waals surface area (Å²) in [7, 11) is 0. The molecule has 94 valence electrons. The van der Waals surface area contributed by atoms with E-state index in [0.717, 1.165) is 23.1 Å². The molecule has 1 amide bonds. The van der Waals surface area contributed by atoms with Crippen molar-refractivity contribution in [2.45, 2.75) is 20.3 Å². The van der Waals surface area contributed by atoms with E-state index in [0.29, 0.717) is 6.54 Å². The van der Waals surface area contributed by atoms with Crippen molar-refractivity contribution < 1.29 is 9.21 Å². The number of furan rings is 1. The molecule has 2 aromatic rings. The second kappa shape index (κ2) is 5.54. The Hall–Kier alpha value is -2.03. The largest absolute Gasteiger partial charge is 0.472 e. The van der Waals surface area contributed by atoms with E-state index >= 15 is 0 Å². The lowest BCUT2D eigenvalue weighted by atomic mass is 10.1. The molecule has 0 saturated carbocycles. The number of benzene rings is 1. The van der Waals surface area contributed by atoms with Gasteiger partial charge in [-0.2, -0.15) is 0 Å². The van der Waals surface area contributed by atoms with Gasteiger partial charge >= 0.3 is 0 Å². The molecule has 3 heteroatoms. The molecule has 1 N–H and O–H groups in total. The Morgan fingerprint density at radius 3 is 2.78 bits per heavy atom. The predicted octanol–water partition coefficient (Wildman–Crippen LogP) is 2.87. The maximum Gasteiger partial charge on any atom is 0.251 e. The van der Waals surface area contributed by atoms with E-state index < -0.39 is 0 Å². The van der Waals surface area contributed by atoms with Crippen LogP contribution in [0.3, 0.4) is 0 Å². The van der Waals surface area contributed by atoms with Crippen LogP contribution < -0.4 is 5.32 Å². The summed E-state index contributed by atoms with van der Waals surface area (Å²) in [5, 5.41) is 2.92. The Morgan fingerprint density at radius 2 is 2.11 bits per heavy atom. The Morgan fingerprint density at radius 1 is 1.28 bits per heavy atom. The summed E-state index contributed by atoms with van der Waals surface area (Å²) >= 11 is 0. The highest BCUT2D eigenvalue weighted by atomic mass is 16.3. The van der Waals surface area contributed by atoms with Crippen molar-refractivity contribution in [2.24, 2.45) is 0 Å². The van der Waals surface area contributed by atoms with Crippen LogP contribution in [0.1, 0.15) is 27.0 Å². The van der Waals surface area contributed by atoms with E-state index in [9.17, 15) is 4.79 Å². The first kappa shape index (κ1) is 12.4. The lowest BCUT2D eigenvalue weighted by Gasteiger charge is -2.07. The van der Waals surface area contributed by atoms with Gasteiger partial charge in [0.1, 0.15) is 0 Å². The zero-order chi connectivity index (χ0) is 13.0. The molecule has 3 nitrogen and oxygen atoms in total. The third kappa shape index (κ3) is 3.00. The zero-order valence-electron chi connectivity index (χ0n) is 10.7. The molecular weight excluding hydrogens is 226 g/mol. The molecule has 0 bridgehead atoms. The van der Waals surface area contributed by atoms with Gasteiger partial charge < -0.3 is 9.73 Å². The molecule has 0 aliphatic carbocycles. The molecule has 0 unspecified atom stereocenters. The third-order valence-electron chi connectivity index (χ3n) is 2.91. The minimum absolute atomic E-state index is 0.0176. The van der Waals surface area contributed by atoms with Crippen LogP contribution in [0.5, 0.6) is 0 Å². The Bertz CT molecular complexity index is 529. The highest BCUT2D eigenvalue weighted by Crippen LogP contribution is 2.10. The molecule has 1 aromatic carbocycles. The number of amides is 1. The molecule has 0 saturated heterocycles. The summed E-state index contributed by atoms with van der Waals surface area (Å²) in [4.78, 5) is 12.0. The van der Waals surface area contributed by atoms with Gasteiger partial charge in [-0.25, -0.2) is 0 Å². The van der Waals surface area contributed by atoms with E-state index in [-0.39, 0.29) is 5.91 Å². The van der Waals surface area contributed by atoms with Gasteiger partial charge in [0.25, 0.3) is 5.91 Å². The van der Waals surface area contributed by atoms with E-state index in [1.165, 1.54) is 5.56 Å². The number of hydrogen-bond acceptors (Lipinski definition) is 2. The summed E-state index contributed by atoms with van der Waals surface area (Å²) in [5.41, 5.74) is 4.02. The quantitative estimate of drug-likeness (QED) is 0.897. The van der Waals surface area contributed by atoms with Gasteiger partial charge in [-0.15, -0.1) is 0 Å². The molecule has 0 spiro atoms. The molecule has 0 radical (unpaired) electrons. The molecule has 1 heterocycles. The summed E-state index contributed by atoms with van der Waals surface area (Å²) in [6.07, 6.45) is 4.12. The highest BCUT2D eigenvalue weighted by molar-refractivity contribution is 5.95. The third-order valence-corrected chi connectivity index (χ3v) is 2.91. The lowest BCUT2D eigenvalue weighted by molar-refractivity contribution is 0.0953. The van der Waals surface area contributed by atoms with Crippen LogP contribution in [-0.4, -0.2) is 12.5 Å². The lowest BCUT2D eigenvalue weighted by Crippen LogP contribution is -2.26. The van der Waals surface area contributed by atoms with Gasteiger partial charge in [0.15, 0.2) is 0 Å². The van der Waals surface area contributed by atoms with Gasteiger partial charge in [0.2, 0.25) is 0 Å². The second-order valence-electron chi connectivity index (χ2n) is 4.46. The van der Waals surface area contributed by atoms with Gasteiger partial charge in [0.05, 0.1) is 12.5 Å². The SMILES string of the molecule is Cc1ccc(C(=O)NCCc2ccoc2)c(C)c1. The fourth-order valence-electron chi connectivity index (χ4n) is 1.92. The maximum absolute atomic E-state index is 12.0. The number of carbonyl (C=O) groups excluding carboxylic acids is 1. The molecule has 2 rings (SSSR count). The van der Waals surface area contributed by atoms with Crippen LogP contribution in [0.25, 0.3) is 0 Å². The van der Waals surface area contributed by atoms with Crippen molar-refractivity contribution >= 4 is 5.91 Å². The first-order chi connectivity index (χ1) is 8.66. The van der Waals surface area contributed by atoms with Crippen molar-refractivity contribution in [1.82, 2.24) is 5.32 Å². The first-order valence-corrected chi connectivity index (χ1v) is 6.03. The monoisotopic (exact) mass is 243 g/mol. The fraction of sp³-hybridized carbons (Fsp3) is 0.267. The van der Waals surface area contributed by atoms with Gasteiger partial charge in [-0.05, 0) is 43.5 Å². The summed E-state index contributed by atoms with van der Waals surface area (Å²) < 4.78 is 4.98. The molecule has 0 atom stereocenters. The number of rotatable bonds is 4. The van der Waals surface area contributed by atoms with Crippen molar-refractivity contribution in [1.29, 1.82) is 0 Å². The van der Waals surface area contributed by atoms with Crippen LogP contribution in [0.4, 0.5) is 0 Å². The second-order valence-corrected chi connectivity index (χ2v) is 4.46. The molecule has 1 aromatic heterocycles. The van der Waals surface area contributed by atoms with Gasteiger partial charge in [-0.1, -0.05) is 17.7 Å². The van der Waals surface area contributed by atoms with Crippen LogP contribution >= 0.6 is 0 Å². The van der Waals surface area contributed by atoms with E-state index in [1.807, 2.05) is 38.1 Å². The fourth-order valence-corrected chi connectivity index (χ4v) is 1.92. The first-order valence-electron chi connectivity index (χ1n) is 6.03. The molecule has 18 heavy (non-hydrogen) atoms. The topological polar surface area (TPSA) is 42.2 Å². The van der Waals surface area contributed by atoms with Crippen molar-refractivity contribution in [3.63, 3.8) is 0 Å². The average molecular weight is 243 g/mol. The van der Waals surface area contributed by atoms with E-state index in [2.05, 4.69) is 5.32 Å². The molecule has 0 aliphatic heterocycles. The standard InChI is InChI=1S/C15H17NO2/c1-11-3-4-14(12(2)9-11)15(17)16-7-5-13-6-8-18-10-13/h3-4,6,8-10H,5,7H2,1-2H3,(H,16,17). The van der Waals surface area contributed by atoms with Crippen molar-refractivity contribution in [3.8, 4) is 0 Å². The zero-order valence-corrected chi connectivity index (χ0v) is 10.7. The molecule has 0 fully saturated rings. The van der Waals surface area contributed by atoms with E-state index in [1.54, 1.807) is 12.5 Å². The summed E-state index contributed by atoms with van der Waals surface area (Å²) in [5.74, 6) is -0.0176. The Labute approximate surface area is 107 Å². The van der Waals surface area contributed by atoms with E-state index in [4.69, 9.17) is 4.42 Å². The van der Waals surface area contributed by atoms with Crippen molar-refractivity contribution in [3.05, 3.63) is 59.0 Å².